The Labute approximate surface area is 538 Å². The first kappa shape index (κ1) is 73.8. The van der Waals surface area contributed by atoms with Gasteiger partial charge in [-0.05, 0) is 97.0 Å². The van der Waals surface area contributed by atoms with E-state index in [1.807, 2.05) is 13.8 Å². The lowest BCUT2D eigenvalue weighted by Gasteiger charge is -2.31. The van der Waals surface area contributed by atoms with Crippen LogP contribution in [0.15, 0.2) is 109 Å². The van der Waals surface area contributed by atoms with Crippen molar-refractivity contribution in [3.05, 3.63) is 131 Å². The van der Waals surface area contributed by atoms with Gasteiger partial charge in [-0.1, -0.05) is 113 Å². The number of carboxylic acids is 2. The monoisotopic (exact) mass is 1290 g/mol. The van der Waals surface area contributed by atoms with Crippen molar-refractivity contribution in [3.8, 4) is 11.5 Å². The van der Waals surface area contributed by atoms with E-state index in [1.165, 1.54) is 41.3 Å². The highest BCUT2D eigenvalue weighted by Gasteiger charge is 2.41. The van der Waals surface area contributed by atoms with Crippen LogP contribution in [0.1, 0.15) is 94.9 Å². The average Bonchev–Trinajstić information content (AvgIpc) is 1.86. The van der Waals surface area contributed by atoms with Crippen molar-refractivity contribution in [2.45, 2.75) is 159 Å². The molecule has 502 valence electrons. The van der Waals surface area contributed by atoms with Crippen molar-refractivity contribution in [1.29, 1.82) is 0 Å². The normalized spacial score (nSPS) is 15.7. The van der Waals surface area contributed by atoms with E-state index in [4.69, 9.17) is 17.2 Å². The maximum absolute atomic E-state index is 15.1. The topological polar surface area (TPSA) is 463 Å². The van der Waals surface area contributed by atoms with E-state index in [1.54, 1.807) is 86.6 Å². The van der Waals surface area contributed by atoms with Gasteiger partial charge in [-0.2, -0.15) is 0 Å². The number of likely N-dealkylation sites (tertiary alicyclic amines) is 1. The summed E-state index contributed by atoms with van der Waals surface area (Å²) in [5, 5.41) is 60.0. The van der Waals surface area contributed by atoms with Crippen molar-refractivity contribution in [2.75, 3.05) is 13.1 Å². The Morgan fingerprint density at radius 2 is 0.892 bits per heavy atom. The highest BCUT2D eigenvalue weighted by atomic mass is 16.4. The molecule has 1 saturated heterocycles. The van der Waals surface area contributed by atoms with E-state index in [0.29, 0.717) is 35.1 Å². The molecule has 10 unspecified atom stereocenters. The first-order valence-corrected chi connectivity index (χ1v) is 30.7. The first-order chi connectivity index (χ1) is 44.1. The molecule has 28 nitrogen and oxygen atoms in total. The predicted octanol–water partition coefficient (Wildman–Crippen LogP) is -0.559. The van der Waals surface area contributed by atoms with E-state index in [2.05, 4.69) is 42.5 Å². The zero-order valence-electron chi connectivity index (χ0n) is 52.4. The molecule has 18 N–H and O–H groups in total. The Kier molecular flexibility index (Phi) is 28.7. The maximum Gasteiger partial charge on any atom is 0.326 e. The first-order valence-electron chi connectivity index (χ1n) is 30.7. The van der Waals surface area contributed by atoms with E-state index < -0.39 is 144 Å². The Balaban J connectivity index is 1.42. The van der Waals surface area contributed by atoms with Gasteiger partial charge in [0.2, 0.25) is 59.1 Å². The second-order valence-electron chi connectivity index (χ2n) is 23.7. The molecule has 0 aromatic heterocycles. The second kappa shape index (κ2) is 36.2. The van der Waals surface area contributed by atoms with Crippen molar-refractivity contribution in [1.82, 2.24) is 47.4 Å². The lowest BCUT2D eigenvalue weighted by Crippen LogP contribution is -2.61. The summed E-state index contributed by atoms with van der Waals surface area (Å²) in [6.45, 7) is 7.36. The van der Waals surface area contributed by atoms with Crippen molar-refractivity contribution in [3.63, 3.8) is 0 Å². The molecule has 4 aromatic rings. The van der Waals surface area contributed by atoms with Gasteiger partial charge in [-0.15, -0.1) is 0 Å². The quantitative estimate of drug-likeness (QED) is 0.0271. The molecule has 0 aliphatic carbocycles. The Hall–Kier alpha value is -9.96. The number of benzene rings is 4. The molecule has 1 fully saturated rings. The van der Waals surface area contributed by atoms with Gasteiger partial charge in [-0.25, -0.2) is 4.79 Å². The number of phenolic OH excluding ortho intramolecular Hbond substituents is 2. The zero-order valence-corrected chi connectivity index (χ0v) is 52.4. The molecular formula is C65H86N12O16. The van der Waals surface area contributed by atoms with Crippen molar-refractivity contribution < 1.29 is 78.0 Å². The number of carbonyl (C=O) groups excluding carboxylic acids is 10. The summed E-state index contributed by atoms with van der Waals surface area (Å²) in [7, 11) is 0. The summed E-state index contributed by atoms with van der Waals surface area (Å²) >= 11 is 0. The fourth-order valence-corrected chi connectivity index (χ4v) is 10.3. The van der Waals surface area contributed by atoms with Crippen molar-refractivity contribution in [2.24, 2.45) is 29.0 Å². The third-order valence-corrected chi connectivity index (χ3v) is 15.4. The molecule has 1 aliphatic heterocycles. The van der Waals surface area contributed by atoms with Crippen LogP contribution in [-0.4, -0.2) is 170 Å². The third-order valence-electron chi connectivity index (χ3n) is 15.4. The van der Waals surface area contributed by atoms with Crippen LogP contribution in [0.4, 0.5) is 0 Å². The highest BCUT2D eigenvalue weighted by Crippen LogP contribution is 2.22. The van der Waals surface area contributed by atoms with Crippen LogP contribution in [-0.2, 0) is 83.2 Å². The van der Waals surface area contributed by atoms with Crippen LogP contribution < -0.4 is 59.7 Å². The number of aliphatic carboxylic acids is 2. The molecule has 1 heterocycles. The molecule has 0 bridgehead atoms. The number of nitrogens with two attached hydrogens (primary N) is 3. The number of hydrogen-bond donors (Lipinski definition) is 15. The second-order valence-corrected chi connectivity index (χ2v) is 23.7. The fourth-order valence-electron chi connectivity index (χ4n) is 10.3. The van der Waals surface area contributed by atoms with E-state index in [-0.39, 0.29) is 81.4 Å². The Morgan fingerprint density at radius 3 is 1.37 bits per heavy atom. The number of primary amides is 1. The minimum atomic E-state index is -1.98. The number of nitrogens with zero attached hydrogens (tertiary/aromatic N) is 1. The molecule has 93 heavy (non-hydrogen) atoms. The lowest BCUT2D eigenvalue weighted by molar-refractivity contribution is -0.144. The van der Waals surface area contributed by atoms with Gasteiger partial charge >= 0.3 is 11.9 Å². The van der Waals surface area contributed by atoms with E-state index >= 15 is 4.79 Å². The summed E-state index contributed by atoms with van der Waals surface area (Å²) in [6, 6.07) is 13.3. The number of phenols is 2. The van der Waals surface area contributed by atoms with Gasteiger partial charge in [0, 0.05) is 32.2 Å². The average molecular weight is 1290 g/mol. The molecule has 4 aromatic carbocycles. The Morgan fingerprint density at radius 1 is 0.495 bits per heavy atom. The van der Waals surface area contributed by atoms with E-state index in [9.17, 15) is 73.2 Å². The number of aromatic hydroxyl groups is 2. The van der Waals surface area contributed by atoms with Crippen LogP contribution in [0.3, 0.4) is 0 Å². The van der Waals surface area contributed by atoms with E-state index in [0.717, 1.165) is 0 Å². The summed E-state index contributed by atoms with van der Waals surface area (Å²) in [5.41, 5.74) is 19.3. The Bertz CT molecular complexity index is 3230. The van der Waals surface area contributed by atoms with Crippen LogP contribution in [0.2, 0.25) is 0 Å². The van der Waals surface area contributed by atoms with Crippen LogP contribution in [0.5, 0.6) is 11.5 Å². The summed E-state index contributed by atoms with van der Waals surface area (Å²) < 4.78 is 0. The van der Waals surface area contributed by atoms with Gasteiger partial charge < -0.3 is 85.1 Å². The molecule has 10 atom stereocenters. The predicted molar refractivity (Wildman–Crippen MR) is 338 cm³/mol. The molecule has 0 spiro atoms. The zero-order chi connectivity index (χ0) is 68.5. The molecule has 1 aliphatic rings. The minimum absolute atomic E-state index is 0.0204. The molecule has 0 saturated carbocycles. The molecule has 5 rings (SSSR count). The summed E-state index contributed by atoms with van der Waals surface area (Å²) in [5.74, 6) is -13.0. The van der Waals surface area contributed by atoms with Gasteiger partial charge in [0.15, 0.2) is 0 Å². The van der Waals surface area contributed by atoms with Gasteiger partial charge in [-0.3, -0.25) is 52.7 Å². The molecule has 28 heteroatoms. The largest absolute Gasteiger partial charge is 0.508 e. The number of nitrogens with one attached hydrogen (secondary N) is 8. The fraction of sp³-hybridized carbons (Fsp3) is 0.446. The lowest BCUT2D eigenvalue weighted by atomic mass is 9.99. The third kappa shape index (κ3) is 24.0. The number of hydrogen-bond acceptors (Lipinski definition) is 16. The van der Waals surface area contributed by atoms with Crippen LogP contribution in [0.25, 0.3) is 0 Å². The van der Waals surface area contributed by atoms with Crippen molar-refractivity contribution >= 4 is 71.0 Å². The SMILES string of the molecule is CC(C)CC(NC(=O)C(CCCN)NC(=O)C(N)C(C)C)C(=O)NC(Cc1ccc(O)cc1)C(=O)N1CCCC1C(=O)NC(Cc1ccccc1)C(=O)NC(Cc1ccccc1)C(=O)NC(CC(N)=O)C(=O)NC(CC(=O)O)C(=O)NC(Cc1ccc(O)cc1)C(=O)O. The maximum atomic E-state index is 15.1. The summed E-state index contributed by atoms with van der Waals surface area (Å²) in [6.07, 6.45) is -1.99. The molecule has 10 amide bonds. The number of carboxylic acid groups (broad SMARTS) is 2. The highest BCUT2D eigenvalue weighted by molar-refractivity contribution is 6.00. The van der Waals surface area contributed by atoms with Gasteiger partial charge in [0.25, 0.3) is 0 Å². The van der Waals surface area contributed by atoms with Crippen LogP contribution >= 0.6 is 0 Å². The standard InChI is InChI=1S/C65H86N12O16/c1-36(2)29-45(70-56(83)44(17-11-27-66)69-63(90)55(68)37(3)4)57(84)75-50(32-40-19-23-42(78)24-20-40)64(91)77-28-12-18-52(77)62(89)74-47(31-39-15-9-6-10-16-39)59(86)71-46(30-38-13-7-5-8-14-38)58(85)72-48(34-53(67)80)60(87)73-49(35-54(81)82)61(88)76-51(65(92)93)33-41-21-25-43(79)26-22-41/h5-10,13-16,19-26,36-37,44-52,55,78-79H,11-12,17-18,27-35,66,68H2,1-4H3,(H2,67,80)(H,69,90)(H,70,83)(H,71,86)(H,72,85)(H,73,87)(H,74,89)(H,75,84)(H,76,88)(H,81,82)(H,92,93). The molecule has 0 radical (unpaired) electrons. The number of rotatable bonds is 36. The molecular weight excluding hydrogens is 1200 g/mol. The van der Waals surface area contributed by atoms with Gasteiger partial charge in [0.05, 0.1) is 18.9 Å². The number of amides is 10. The number of carbonyl (C=O) groups is 12. The smallest absolute Gasteiger partial charge is 0.326 e. The minimum Gasteiger partial charge on any atom is -0.508 e. The van der Waals surface area contributed by atoms with Crippen LogP contribution in [0, 0.1) is 11.8 Å². The summed E-state index contributed by atoms with van der Waals surface area (Å²) in [4.78, 5) is 167. The van der Waals surface area contributed by atoms with Gasteiger partial charge in [0.1, 0.15) is 65.9 Å².